The molecule has 2 fully saturated rings. The van der Waals surface area contributed by atoms with Crippen molar-refractivity contribution in [2.75, 3.05) is 31.6 Å². The van der Waals surface area contributed by atoms with Gasteiger partial charge in [0.15, 0.2) is 5.82 Å². The minimum Gasteiger partial charge on any atom is -0.346 e. The summed E-state index contributed by atoms with van der Waals surface area (Å²) in [5, 5.41) is 0.737. The molecule has 0 saturated carbocycles. The van der Waals surface area contributed by atoms with Crippen LogP contribution < -0.4 is 4.90 Å². The van der Waals surface area contributed by atoms with E-state index in [0.717, 1.165) is 43.7 Å². The third-order valence-corrected chi connectivity index (χ3v) is 5.77. The maximum absolute atomic E-state index is 13.4. The molecule has 0 aliphatic carbocycles. The molecule has 3 heterocycles. The van der Waals surface area contributed by atoms with Gasteiger partial charge in [0.2, 0.25) is 11.0 Å². The number of hydrogen-bond donors (Lipinski definition) is 0. The molecule has 8 heteroatoms. The van der Waals surface area contributed by atoms with Gasteiger partial charge in [0, 0.05) is 61.7 Å². The summed E-state index contributed by atoms with van der Waals surface area (Å²) in [6, 6.07) is 3.30. The second-order valence-electron chi connectivity index (χ2n) is 7.01. The Bertz CT molecular complexity index is 806. The van der Waals surface area contributed by atoms with E-state index in [2.05, 4.69) is 14.3 Å². The first-order chi connectivity index (χ1) is 11.9. The maximum atomic E-state index is 13.4. The third-order valence-electron chi connectivity index (χ3n) is 4.99. The van der Waals surface area contributed by atoms with Crippen LogP contribution in [0.4, 0.5) is 13.9 Å². The maximum Gasteiger partial charge on any atom is 0.223 e. The van der Waals surface area contributed by atoms with Gasteiger partial charge in [-0.25, -0.2) is 8.78 Å². The topological polar surface area (TPSA) is 49.3 Å². The number of hydrogen-bond acceptors (Lipinski definition) is 5. The van der Waals surface area contributed by atoms with Crippen molar-refractivity contribution in [3.05, 3.63) is 29.8 Å². The zero-order valence-electron chi connectivity index (χ0n) is 13.8. The summed E-state index contributed by atoms with van der Waals surface area (Å²) < 4.78 is 31.1. The standard InChI is InChI=1S/C17H18F2N4OS/c1-22-9-17(8-14(22)24)3-2-4-23(10-17)16-20-15(21-25-16)11-5-12(18)7-13(19)6-11/h5-7H,2-4,8-10H2,1H3. The van der Waals surface area contributed by atoms with Gasteiger partial charge in [0.1, 0.15) is 11.6 Å². The molecule has 5 nitrogen and oxygen atoms in total. The van der Waals surface area contributed by atoms with Gasteiger partial charge in [-0.3, -0.25) is 4.79 Å². The Morgan fingerprint density at radius 3 is 2.64 bits per heavy atom. The van der Waals surface area contributed by atoms with Crippen molar-refractivity contribution in [2.24, 2.45) is 5.41 Å². The van der Waals surface area contributed by atoms with Crippen LogP contribution >= 0.6 is 11.5 Å². The highest BCUT2D eigenvalue weighted by Gasteiger charge is 2.44. The summed E-state index contributed by atoms with van der Waals surface area (Å²) in [5.74, 6) is -0.765. The molecule has 0 bridgehead atoms. The minimum atomic E-state index is -0.643. The van der Waals surface area contributed by atoms with E-state index in [9.17, 15) is 13.6 Å². The van der Waals surface area contributed by atoms with Crippen LogP contribution in [-0.4, -0.2) is 46.8 Å². The number of carbonyl (C=O) groups is 1. The van der Waals surface area contributed by atoms with Gasteiger partial charge >= 0.3 is 0 Å². The number of halogens is 2. The van der Waals surface area contributed by atoms with Crippen molar-refractivity contribution in [1.29, 1.82) is 0 Å². The molecule has 0 N–H and O–H groups in total. The zero-order chi connectivity index (χ0) is 17.6. The Hall–Kier alpha value is -2.09. The molecule has 1 aromatic heterocycles. The molecule has 2 aliphatic heterocycles. The van der Waals surface area contributed by atoms with Crippen LogP contribution in [0, 0.1) is 17.0 Å². The first-order valence-electron chi connectivity index (χ1n) is 8.23. The number of carbonyl (C=O) groups excluding carboxylic acids is 1. The monoisotopic (exact) mass is 364 g/mol. The van der Waals surface area contributed by atoms with Crippen LogP contribution in [0.15, 0.2) is 18.2 Å². The average Bonchev–Trinajstić information content (AvgIpc) is 3.12. The van der Waals surface area contributed by atoms with Gasteiger partial charge in [0.25, 0.3) is 0 Å². The van der Waals surface area contributed by atoms with Crippen LogP contribution in [0.5, 0.6) is 0 Å². The van der Waals surface area contributed by atoms with Crippen molar-refractivity contribution in [1.82, 2.24) is 14.3 Å². The number of nitrogens with zero attached hydrogens (tertiary/aromatic N) is 4. The van der Waals surface area contributed by atoms with Crippen molar-refractivity contribution < 1.29 is 13.6 Å². The highest BCUT2D eigenvalue weighted by molar-refractivity contribution is 7.09. The van der Waals surface area contributed by atoms with E-state index < -0.39 is 11.6 Å². The molecule has 0 radical (unpaired) electrons. The number of anilines is 1. The van der Waals surface area contributed by atoms with E-state index in [1.807, 2.05) is 7.05 Å². The Morgan fingerprint density at radius 1 is 1.20 bits per heavy atom. The van der Waals surface area contributed by atoms with Gasteiger partial charge in [-0.2, -0.15) is 9.36 Å². The fourth-order valence-electron chi connectivity index (χ4n) is 3.89. The molecular weight excluding hydrogens is 346 g/mol. The predicted octanol–water partition coefficient (Wildman–Crippen LogP) is 2.93. The third kappa shape index (κ3) is 3.10. The van der Waals surface area contributed by atoms with Crippen LogP contribution in [-0.2, 0) is 4.79 Å². The van der Waals surface area contributed by atoms with E-state index in [4.69, 9.17) is 0 Å². The van der Waals surface area contributed by atoms with Crippen LogP contribution in [0.2, 0.25) is 0 Å². The summed E-state index contributed by atoms with van der Waals surface area (Å²) in [6.45, 7) is 2.38. The summed E-state index contributed by atoms with van der Waals surface area (Å²) >= 11 is 1.23. The second kappa shape index (κ2) is 6.01. The summed E-state index contributed by atoms with van der Waals surface area (Å²) in [5.41, 5.74) is 0.309. The first kappa shape index (κ1) is 16.4. The lowest BCUT2D eigenvalue weighted by atomic mass is 9.79. The molecule has 132 valence electrons. The lowest BCUT2D eigenvalue weighted by Gasteiger charge is -2.39. The largest absolute Gasteiger partial charge is 0.346 e. The zero-order valence-corrected chi connectivity index (χ0v) is 14.7. The summed E-state index contributed by atoms with van der Waals surface area (Å²) in [6.07, 6.45) is 2.59. The molecule has 1 aromatic carbocycles. The Kier molecular flexibility index (Phi) is 3.94. The number of rotatable bonds is 2. The molecule has 1 unspecified atom stereocenters. The Balaban J connectivity index is 1.57. The van der Waals surface area contributed by atoms with Crippen molar-refractivity contribution in [2.45, 2.75) is 19.3 Å². The van der Waals surface area contributed by atoms with Gasteiger partial charge in [-0.15, -0.1) is 0 Å². The first-order valence-corrected chi connectivity index (χ1v) is 9.01. The van der Waals surface area contributed by atoms with Crippen molar-refractivity contribution >= 4 is 22.6 Å². The average molecular weight is 364 g/mol. The predicted molar refractivity (Wildman–Crippen MR) is 91.4 cm³/mol. The number of aromatic nitrogens is 2. The van der Waals surface area contributed by atoms with E-state index >= 15 is 0 Å². The van der Waals surface area contributed by atoms with Gasteiger partial charge in [-0.1, -0.05) is 0 Å². The van der Waals surface area contributed by atoms with Gasteiger partial charge in [-0.05, 0) is 25.0 Å². The quantitative estimate of drug-likeness (QED) is 0.822. The molecular formula is C17H18F2N4OS. The van der Waals surface area contributed by atoms with Crippen molar-refractivity contribution in [3.63, 3.8) is 0 Å². The molecule has 1 spiro atoms. The smallest absolute Gasteiger partial charge is 0.223 e. The van der Waals surface area contributed by atoms with Crippen LogP contribution in [0.3, 0.4) is 0 Å². The SMILES string of the molecule is CN1CC2(CCCN(c3nc(-c4cc(F)cc(F)c4)ns3)C2)CC1=O. The summed E-state index contributed by atoms with van der Waals surface area (Å²) in [7, 11) is 1.84. The molecule has 25 heavy (non-hydrogen) atoms. The van der Waals surface area contributed by atoms with E-state index in [1.54, 1.807) is 4.90 Å². The van der Waals surface area contributed by atoms with Crippen molar-refractivity contribution in [3.8, 4) is 11.4 Å². The van der Waals surface area contributed by atoms with Crippen LogP contribution in [0.1, 0.15) is 19.3 Å². The molecule has 1 atom stereocenters. The van der Waals surface area contributed by atoms with E-state index in [0.29, 0.717) is 17.8 Å². The number of likely N-dealkylation sites (tertiary alicyclic amines) is 1. The Morgan fingerprint density at radius 2 is 1.96 bits per heavy atom. The molecule has 2 saturated heterocycles. The molecule has 2 aromatic rings. The highest BCUT2D eigenvalue weighted by Crippen LogP contribution is 2.41. The Labute approximate surface area is 148 Å². The fourth-order valence-corrected chi connectivity index (χ4v) is 4.60. The lowest BCUT2D eigenvalue weighted by Crippen LogP contribution is -2.44. The molecule has 4 rings (SSSR count). The highest BCUT2D eigenvalue weighted by atomic mass is 32.1. The van der Waals surface area contributed by atoms with Gasteiger partial charge < -0.3 is 9.80 Å². The molecule has 2 aliphatic rings. The van der Waals surface area contributed by atoms with E-state index in [1.165, 1.54) is 23.7 Å². The normalized spacial score (nSPS) is 23.7. The second-order valence-corrected chi connectivity index (χ2v) is 7.74. The fraction of sp³-hybridized carbons (Fsp3) is 0.471. The molecule has 1 amide bonds. The summed E-state index contributed by atoms with van der Waals surface area (Å²) in [4.78, 5) is 20.4. The lowest BCUT2D eigenvalue weighted by molar-refractivity contribution is -0.126. The number of amides is 1. The van der Waals surface area contributed by atoms with Gasteiger partial charge in [0.05, 0.1) is 0 Å². The van der Waals surface area contributed by atoms with E-state index in [-0.39, 0.29) is 11.3 Å². The minimum absolute atomic E-state index is 0.0269. The number of benzene rings is 1. The number of piperidine rings is 1. The van der Waals surface area contributed by atoms with Crippen LogP contribution in [0.25, 0.3) is 11.4 Å².